The van der Waals surface area contributed by atoms with E-state index in [2.05, 4.69) is 16.2 Å². The molecule has 0 bridgehead atoms. The van der Waals surface area contributed by atoms with E-state index in [1.54, 1.807) is 24.3 Å². The van der Waals surface area contributed by atoms with E-state index in [0.29, 0.717) is 22.2 Å². The van der Waals surface area contributed by atoms with Crippen molar-refractivity contribution in [2.24, 2.45) is 0 Å². The van der Waals surface area contributed by atoms with Crippen LogP contribution in [0.2, 0.25) is 10.0 Å². The van der Waals surface area contributed by atoms with E-state index < -0.39 is 11.8 Å². The second-order valence-electron chi connectivity index (χ2n) is 6.08. The Labute approximate surface area is 184 Å². The zero-order valence-electron chi connectivity index (χ0n) is 16.0. The maximum absolute atomic E-state index is 11.7. The van der Waals surface area contributed by atoms with Gasteiger partial charge >= 0.3 is 0 Å². The summed E-state index contributed by atoms with van der Waals surface area (Å²) < 4.78 is 5.48. The Morgan fingerprint density at radius 1 is 0.967 bits per heavy atom. The van der Waals surface area contributed by atoms with E-state index in [9.17, 15) is 14.4 Å². The number of halogens is 2. The molecule has 0 saturated heterocycles. The zero-order chi connectivity index (χ0) is 21.8. The van der Waals surface area contributed by atoms with Crippen LogP contribution in [-0.2, 0) is 14.4 Å². The number of benzene rings is 2. The maximum Gasteiger partial charge on any atom is 0.257 e. The van der Waals surface area contributed by atoms with Crippen molar-refractivity contribution in [2.45, 2.75) is 12.8 Å². The summed E-state index contributed by atoms with van der Waals surface area (Å²) in [7, 11) is 0. The minimum Gasteiger partial charge on any atom is -0.492 e. The minimum absolute atomic E-state index is 0.137. The second kappa shape index (κ2) is 12.5. The molecular formula is C21H21Cl2N3O4. The Morgan fingerprint density at radius 3 is 2.43 bits per heavy atom. The van der Waals surface area contributed by atoms with Gasteiger partial charge in [-0.25, -0.2) is 0 Å². The van der Waals surface area contributed by atoms with Crippen LogP contribution < -0.4 is 20.9 Å². The number of nitrogens with one attached hydrogen (secondary N) is 3. The molecule has 0 unspecified atom stereocenters. The smallest absolute Gasteiger partial charge is 0.257 e. The number of carbonyl (C=O) groups excluding carboxylic acids is 3. The second-order valence-corrected chi connectivity index (χ2v) is 6.93. The van der Waals surface area contributed by atoms with Crippen molar-refractivity contribution in [1.29, 1.82) is 0 Å². The number of carbonyl (C=O) groups is 3. The van der Waals surface area contributed by atoms with Crippen LogP contribution in [0.3, 0.4) is 0 Å². The van der Waals surface area contributed by atoms with Gasteiger partial charge in [-0.1, -0.05) is 53.5 Å². The zero-order valence-corrected chi connectivity index (χ0v) is 17.5. The number of hydrogen-bond donors (Lipinski definition) is 3. The Balaban J connectivity index is 1.57. The van der Waals surface area contributed by atoms with E-state index in [1.165, 1.54) is 6.08 Å². The van der Waals surface area contributed by atoms with Crippen molar-refractivity contribution in [2.75, 3.05) is 13.2 Å². The molecule has 0 aliphatic carbocycles. The molecule has 0 aliphatic heterocycles. The van der Waals surface area contributed by atoms with Crippen molar-refractivity contribution in [3.05, 3.63) is 70.2 Å². The first-order chi connectivity index (χ1) is 14.4. The molecule has 2 aromatic rings. The molecule has 9 heteroatoms. The highest BCUT2D eigenvalue weighted by molar-refractivity contribution is 6.35. The molecule has 0 radical (unpaired) electrons. The Morgan fingerprint density at radius 2 is 1.70 bits per heavy atom. The summed E-state index contributed by atoms with van der Waals surface area (Å²) in [6.07, 6.45) is 3.52. The molecular weight excluding hydrogens is 429 g/mol. The standard InChI is InChI=1S/C21H21Cl2N3O4/c22-16-9-10-18(17(23)13-16)30-12-4-7-20(28)25-26-21(29)14-24-19(27)11-8-15-5-2-1-3-6-15/h1-3,5-6,8-11,13H,4,7,12,14H2,(H,24,27)(H,25,28)(H,26,29). The van der Waals surface area contributed by atoms with Crippen LogP contribution in [0.5, 0.6) is 5.75 Å². The molecule has 158 valence electrons. The molecule has 0 aliphatic rings. The van der Waals surface area contributed by atoms with Gasteiger partial charge in [-0.05, 0) is 36.3 Å². The summed E-state index contributed by atoms with van der Waals surface area (Å²) in [5.74, 6) is -0.872. The van der Waals surface area contributed by atoms with Gasteiger partial charge in [0, 0.05) is 17.5 Å². The molecule has 3 amide bonds. The summed E-state index contributed by atoms with van der Waals surface area (Å²) in [6, 6.07) is 14.1. The van der Waals surface area contributed by atoms with Gasteiger partial charge in [-0.15, -0.1) is 0 Å². The predicted molar refractivity (Wildman–Crippen MR) is 116 cm³/mol. The number of rotatable bonds is 9. The van der Waals surface area contributed by atoms with Gasteiger partial charge in [0.15, 0.2) is 0 Å². The van der Waals surface area contributed by atoms with Gasteiger partial charge in [0.2, 0.25) is 11.8 Å². The summed E-state index contributed by atoms with van der Waals surface area (Å²) >= 11 is 11.8. The van der Waals surface area contributed by atoms with Gasteiger partial charge in [0.25, 0.3) is 5.91 Å². The topological polar surface area (TPSA) is 96.5 Å². The molecule has 2 rings (SSSR count). The summed E-state index contributed by atoms with van der Waals surface area (Å²) in [4.78, 5) is 35.1. The average Bonchev–Trinajstić information content (AvgIpc) is 2.74. The number of hydrazine groups is 1. The Hall–Kier alpha value is -3.03. The number of amides is 3. The van der Waals surface area contributed by atoms with Crippen LogP contribution in [0.1, 0.15) is 18.4 Å². The minimum atomic E-state index is -0.547. The van der Waals surface area contributed by atoms with Crippen LogP contribution in [0.15, 0.2) is 54.6 Å². The van der Waals surface area contributed by atoms with Gasteiger partial charge in [-0.2, -0.15) is 0 Å². The van der Waals surface area contributed by atoms with Crippen molar-refractivity contribution in [1.82, 2.24) is 16.2 Å². The molecule has 0 spiro atoms. The Kier molecular flexibility index (Phi) is 9.70. The van der Waals surface area contributed by atoms with Crippen LogP contribution in [-0.4, -0.2) is 30.9 Å². The van der Waals surface area contributed by atoms with Crippen molar-refractivity contribution < 1.29 is 19.1 Å². The van der Waals surface area contributed by atoms with E-state index in [1.807, 2.05) is 30.3 Å². The molecule has 7 nitrogen and oxygen atoms in total. The largest absolute Gasteiger partial charge is 0.492 e. The first-order valence-corrected chi connectivity index (χ1v) is 9.86. The van der Waals surface area contributed by atoms with Crippen molar-refractivity contribution >= 4 is 47.0 Å². The fourth-order valence-electron chi connectivity index (χ4n) is 2.22. The normalized spacial score (nSPS) is 10.5. The van der Waals surface area contributed by atoms with Gasteiger partial charge in [-0.3, -0.25) is 25.2 Å². The lowest BCUT2D eigenvalue weighted by Gasteiger charge is -2.09. The van der Waals surface area contributed by atoms with Gasteiger partial charge in [0.05, 0.1) is 18.2 Å². The predicted octanol–water partition coefficient (Wildman–Crippen LogP) is 3.13. The lowest BCUT2D eigenvalue weighted by molar-refractivity contribution is -0.129. The third kappa shape index (κ3) is 8.98. The first kappa shape index (κ1) is 23.3. The third-order valence-corrected chi connectivity index (χ3v) is 4.22. The highest BCUT2D eigenvalue weighted by Crippen LogP contribution is 2.27. The van der Waals surface area contributed by atoms with Gasteiger partial charge in [0.1, 0.15) is 5.75 Å². The molecule has 0 aromatic heterocycles. The van der Waals surface area contributed by atoms with Crippen LogP contribution in [0, 0.1) is 0 Å². The maximum atomic E-state index is 11.7. The first-order valence-electron chi connectivity index (χ1n) is 9.10. The van der Waals surface area contributed by atoms with Crippen molar-refractivity contribution in [3.63, 3.8) is 0 Å². The van der Waals surface area contributed by atoms with E-state index in [4.69, 9.17) is 27.9 Å². The molecule has 30 heavy (non-hydrogen) atoms. The summed E-state index contributed by atoms with van der Waals surface area (Å²) in [5.41, 5.74) is 5.37. The monoisotopic (exact) mass is 449 g/mol. The van der Waals surface area contributed by atoms with Crippen molar-refractivity contribution in [3.8, 4) is 5.75 Å². The Bertz CT molecular complexity index is 904. The SMILES string of the molecule is O=C(C=Cc1ccccc1)NCC(=O)NNC(=O)CCCOc1ccc(Cl)cc1Cl. The average molecular weight is 450 g/mol. The molecule has 3 N–H and O–H groups in total. The molecule has 0 saturated carbocycles. The number of hydrogen-bond acceptors (Lipinski definition) is 4. The fraction of sp³-hybridized carbons (Fsp3) is 0.190. The molecule has 0 heterocycles. The van der Waals surface area contributed by atoms with E-state index in [-0.39, 0.29) is 25.5 Å². The van der Waals surface area contributed by atoms with Crippen LogP contribution in [0.4, 0.5) is 0 Å². The van der Waals surface area contributed by atoms with Gasteiger partial charge < -0.3 is 10.1 Å². The molecule has 0 fully saturated rings. The molecule has 0 atom stereocenters. The third-order valence-electron chi connectivity index (χ3n) is 3.69. The highest BCUT2D eigenvalue weighted by atomic mass is 35.5. The summed E-state index contributed by atoms with van der Waals surface area (Å²) in [5, 5.41) is 3.32. The lowest BCUT2D eigenvalue weighted by atomic mass is 10.2. The molecule has 2 aromatic carbocycles. The van der Waals surface area contributed by atoms with E-state index >= 15 is 0 Å². The number of ether oxygens (including phenoxy) is 1. The quantitative estimate of drug-likeness (QED) is 0.311. The highest BCUT2D eigenvalue weighted by Gasteiger charge is 2.07. The summed E-state index contributed by atoms with van der Waals surface area (Å²) in [6.45, 7) is 0.00292. The van der Waals surface area contributed by atoms with E-state index in [0.717, 1.165) is 5.56 Å². The lowest BCUT2D eigenvalue weighted by Crippen LogP contribution is -2.46. The van der Waals surface area contributed by atoms with Crippen LogP contribution >= 0.6 is 23.2 Å². The van der Waals surface area contributed by atoms with Crippen LogP contribution in [0.25, 0.3) is 6.08 Å². The fourth-order valence-corrected chi connectivity index (χ4v) is 2.68.